The summed E-state index contributed by atoms with van der Waals surface area (Å²) in [5, 5.41) is 3.08. The van der Waals surface area contributed by atoms with Crippen LogP contribution >= 0.6 is 0 Å². The Kier molecular flexibility index (Phi) is 3.29. The van der Waals surface area contributed by atoms with Gasteiger partial charge in [0.25, 0.3) is 0 Å². The second kappa shape index (κ2) is 4.26. The smallest absolute Gasteiger partial charge is 0.323 e. The molecule has 0 bridgehead atoms. The van der Waals surface area contributed by atoms with Crippen LogP contribution < -0.4 is 5.32 Å². The lowest BCUT2D eigenvalue weighted by Gasteiger charge is -2.20. The molecule has 1 rings (SSSR count). The van der Waals surface area contributed by atoms with Crippen LogP contribution in [0.1, 0.15) is 20.3 Å². The quantitative estimate of drug-likeness (QED) is 0.492. The van der Waals surface area contributed by atoms with Gasteiger partial charge in [-0.3, -0.25) is 4.79 Å². The molecule has 12 heavy (non-hydrogen) atoms. The number of hydrogen-bond acceptors (Lipinski definition) is 3. The van der Waals surface area contributed by atoms with Gasteiger partial charge in [-0.1, -0.05) is 11.6 Å². The topological polar surface area (TPSA) is 38.3 Å². The predicted octanol–water partition coefficient (Wildman–Crippen LogP) is 0.858. The Morgan fingerprint density at radius 1 is 1.83 bits per heavy atom. The molecule has 3 nitrogen and oxygen atoms in total. The second-order valence-corrected chi connectivity index (χ2v) is 2.97. The monoisotopic (exact) mass is 169 g/mol. The van der Waals surface area contributed by atoms with E-state index < -0.39 is 0 Å². The van der Waals surface area contributed by atoms with Crippen molar-refractivity contribution in [1.29, 1.82) is 0 Å². The highest BCUT2D eigenvalue weighted by molar-refractivity contribution is 5.76. The van der Waals surface area contributed by atoms with Crippen LogP contribution in [0.2, 0.25) is 0 Å². The van der Waals surface area contributed by atoms with Crippen LogP contribution in [0.4, 0.5) is 0 Å². The number of hydrogen-bond donors (Lipinski definition) is 1. The molecular formula is C9H15NO2. The Morgan fingerprint density at radius 2 is 2.58 bits per heavy atom. The zero-order chi connectivity index (χ0) is 8.97. The normalized spacial score (nSPS) is 23.2. The van der Waals surface area contributed by atoms with Crippen molar-refractivity contribution in [3.8, 4) is 0 Å². The van der Waals surface area contributed by atoms with Crippen molar-refractivity contribution in [2.24, 2.45) is 0 Å². The highest BCUT2D eigenvalue weighted by Crippen LogP contribution is 2.09. The van der Waals surface area contributed by atoms with Gasteiger partial charge in [-0.25, -0.2) is 0 Å². The van der Waals surface area contributed by atoms with Gasteiger partial charge in [0.15, 0.2) is 0 Å². The fraction of sp³-hybridized carbons (Fsp3) is 0.667. The van der Waals surface area contributed by atoms with Gasteiger partial charge in [-0.2, -0.15) is 0 Å². The zero-order valence-corrected chi connectivity index (χ0v) is 7.59. The van der Waals surface area contributed by atoms with E-state index in [0.717, 1.165) is 13.0 Å². The first-order valence-electron chi connectivity index (χ1n) is 4.29. The Hall–Kier alpha value is -0.830. The number of esters is 1. The van der Waals surface area contributed by atoms with E-state index in [1.165, 1.54) is 5.57 Å². The molecule has 0 aromatic carbocycles. The third-order valence-corrected chi connectivity index (χ3v) is 1.91. The van der Waals surface area contributed by atoms with E-state index in [0.29, 0.717) is 6.61 Å². The molecule has 0 saturated heterocycles. The highest BCUT2D eigenvalue weighted by atomic mass is 16.5. The maximum Gasteiger partial charge on any atom is 0.323 e. The lowest BCUT2D eigenvalue weighted by Crippen LogP contribution is -2.40. The maximum absolute atomic E-state index is 11.2. The van der Waals surface area contributed by atoms with E-state index in [2.05, 4.69) is 11.4 Å². The third-order valence-electron chi connectivity index (χ3n) is 1.91. The second-order valence-electron chi connectivity index (χ2n) is 2.97. The van der Waals surface area contributed by atoms with E-state index in [1.54, 1.807) is 0 Å². The summed E-state index contributed by atoms with van der Waals surface area (Å²) in [6.07, 6.45) is 2.87. The third kappa shape index (κ3) is 2.34. The fourth-order valence-electron chi connectivity index (χ4n) is 1.26. The molecule has 1 unspecified atom stereocenters. The van der Waals surface area contributed by atoms with Crippen LogP contribution in [0.3, 0.4) is 0 Å². The lowest BCUT2D eigenvalue weighted by atomic mass is 10.0. The van der Waals surface area contributed by atoms with E-state index >= 15 is 0 Å². The van der Waals surface area contributed by atoms with Gasteiger partial charge in [0.1, 0.15) is 6.04 Å². The standard InChI is InChI=1S/C9H15NO2/c1-3-12-9(11)8-6-7(2)4-5-10-8/h4,8,10H,3,5-6H2,1-2H3. The molecular weight excluding hydrogens is 154 g/mol. The van der Waals surface area contributed by atoms with Crippen molar-refractivity contribution >= 4 is 5.97 Å². The van der Waals surface area contributed by atoms with Crippen LogP contribution in [-0.2, 0) is 9.53 Å². The SMILES string of the molecule is CCOC(=O)C1CC(C)=CCN1. The Bertz CT molecular complexity index is 199. The van der Waals surface area contributed by atoms with E-state index in [9.17, 15) is 4.79 Å². The highest BCUT2D eigenvalue weighted by Gasteiger charge is 2.21. The number of nitrogens with one attached hydrogen (secondary N) is 1. The van der Waals surface area contributed by atoms with Crippen molar-refractivity contribution in [3.05, 3.63) is 11.6 Å². The van der Waals surface area contributed by atoms with Crippen molar-refractivity contribution in [2.45, 2.75) is 26.3 Å². The average Bonchev–Trinajstić information content (AvgIpc) is 2.05. The lowest BCUT2D eigenvalue weighted by molar-refractivity contribution is -0.145. The summed E-state index contributed by atoms with van der Waals surface area (Å²) >= 11 is 0. The van der Waals surface area contributed by atoms with Crippen LogP contribution in [0.25, 0.3) is 0 Å². The zero-order valence-electron chi connectivity index (χ0n) is 7.59. The van der Waals surface area contributed by atoms with Gasteiger partial charge in [-0.15, -0.1) is 0 Å². The van der Waals surface area contributed by atoms with Crippen molar-refractivity contribution in [1.82, 2.24) is 5.32 Å². The number of carbonyl (C=O) groups is 1. The molecule has 1 N–H and O–H groups in total. The summed E-state index contributed by atoms with van der Waals surface area (Å²) in [7, 11) is 0. The first-order valence-corrected chi connectivity index (χ1v) is 4.29. The molecule has 3 heteroatoms. The Morgan fingerprint density at radius 3 is 3.17 bits per heavy atom. The first-order chi connectivity index (χ1) is 5.74. The molecule has 0 aliphatic carbocycles. The molecule has 0 radical (unpaired) electrons. The minimum atomic E-state index is -0.134. The minimum Gasteiger partial charge on any atom is -0.465 e. The van der Waals surface area contributed by atoms with E-state index in [4.69, 9.17) is 4.74 Å². The van der Waals surface area contributed by atoms with Gasteiger partial charge in [-0.05, 0) is 20.3 Å². The molecule has 1 heterocycles. The summed E-state index contributed by atoms with van der Waals surface area (Å²) in [6, 6.07) is -0.130. The Labute approximate surface area is 72.8 Å². The summed E-state index contributed by atoms with van der Waals surface area (Å²) < 4.78 is 4.90. The Balaban J connectivity index is 2.43. The molecule has 0 fully saturated rings. The minimum absolute atomic E-state index is 0.130. The van der Waals surface area contributed by atoms with Crippen LogP contribution in [0, 0.1) is 0 Å². The van der Waals surface area contributed by atoms with Gasteiger partial charge in [0, 0.05) is 6.54 Å². The summed E-state index contributed by atoms with van der Waals surface area (Å²) in [6.45, 7) is 5.09. The molecule has 1 aliphatic heterocycles. The molecule has 0 aromatic rings. The molecule has 1 aliphatic rings. The summed E-state index contributed by atoms with van der Waals surface area (Å²) in [5.41, 5.74) is 1.26. The molecule has 0 aromatic heterocycles. The van der Waals surface area contributed by atoms with Crippen LogP contribution in [0.5, 0.6) is 0 Å². The molecule has 0 saturated carbocycles. The summed E-state index contributed by atoms with van der Waals surface area (Å²) in [4.78, 5) is 11.2. The van der Waals surface area contributed by atoms with Gasteiger partial charge in [0.2, 0.25) is 0 Å². The average molecular weight is 169 g/mol. The van der Waals surface area contributed by atoms with Gasteiger partial charge >= 0.3 is 5.97 Å². The van der Waals surface area contributed by atoms with Crippen LogP contribution in [-0.4, -0.2) is 25.2 Å². The van der Waals surface area contributed by atoms with Gasteiger partial charge in [0.05, 0.1) is 6.61 Å². The van der Waals surface area contributed by atoms with Crippen molar-refractivity contribution in [2.75, 3.05) is 13.2 Å². The molecule has 0 spiro atoms. The largest absolute Gasteiger partial charge is 0.465 e. The number of ether oxygens (including phenoxy) is 1. The van der Waals surface area contributed by atoms with Crippen molar-refractivity contribution < 1.29 is 9.53 Å². The van der Waals surface area contributed by atoms with Crippen LogP contribution in [0.15, 0.2) is 11.6 Å². The first kappa shape index (κ1) is 9.26. The predicted molar refractivity (Wildman–Crippen MR) is 46.8 cm³/mol. The van der Waals surface area contributed by atoms with Gasteiger partial charge < -0.3 is 10.1 Å². The van der Waals surface area contributed by atoms with Crippen molar-refractivity contribution in [3.63, 3.8) is 0 Å². The molecule has 0 amide bonds. The number of carbonyl (C=O) groups excluding carboxylic acids is 1. The number of rotatable bonds is 2. The molecule has 68 valence electrons. The van der Waals surface area contributed by atoms with E-state index in [1.807, 2.05) is 13.8 Å². The fourth-order valence-corrected chi connectivity index (χ4v) is 1.26. The maximum atomic E-state index is 11.2. The summed E-state index contributed by atoms with van der Waals surface area (Å²) in [5.74, 6) is -0.134. The van der Waals surface area contributed by atoms with E-state index in [-0.39, 0.29) is 12.0 Å². The molecule has 1 atom stereocenters.